The Morgan fingerprint density at radius 3 is 2.53 bits per heavy atom. The number of benzene rings is 1. The number of aryl methyl sites for hydroxylation is 2. The van der Waals surface area contributed by atoms with Crippen LogP contribution in [-0.2, 0) is 18.0 Å². The maximum Gasteiger partial charge on any atom is 0.417 e. The van der Waals surface area contributed by atoms with Crippen LogP contribution in [0, 0.1) is 6.92 Å². The van der Waals surface area contributed by atoms with Gasteiger partial charge in [-0.1, -0.05) is 43.3 Å². The molecule has 1 aromatic carbocycles. The summed E-state index contributed by atoms with van der Waals surface area (Å²) in [6, 6.07) is 13.2. The molecule has 0 aliphatic rings. The van der Waals surface area contributed by atoms with E-state index in [1.807, 2.05) is 26.0 Å². The van der Waals surface area contributed by atoms with Crippen molar-refractivity contribution in [3.63, 3.8) is 0 Å². The lowest BCUT2D eigenvalue weighted by molar-refractivity contribution is -0.136. The molecule has 1 atom stereocenters. The van der Waals surface area contributed by atoms with E-state index in [4.69, 9.17) is 4.74 Å². The van der Waals surface area contributed by atoms with E-state index in [-0.39, 0.29) is 47.3 Å². The number of pyridine rings is 2. The van der Waals surface area contributed by atoms with Crippen LogP contribution in [0.3, 0.4) is 0 Å². The molecule has 0 spiro atoms. The molecule has 34 heavy (non-hydrogen) atoms. The molecule has 0 fully saturated rings. The van der Waals surface area contributed by atoms with Gasteiger partial charge in [-0.15, -0.1) is 0 Å². The maximum absolute atomic E-state index is 14.0. The van der Waals surface area contributed by atoms with Gasteiger partial charge < -0.3 is 4.74 Å². The number of hydrogen-bond acceptors (Lipinski definition) is 5. The van der Waals surface area contributed by atoms with E-state index in [0.29, 0.717) is 5.56 Å². The fraction of sp³-hybridized carbons (Fsp3) is 0.280. The Balaban J connectivity index is 1.59. The first kappa shape index (κ1) is 23.4. The molecule has 9 heteroatoms. The van der Waals surface area contributed by atoms with Gasteiger partial charge in [0.15, 0.2) is 11.4 Å². The average molecular weight is 468 g/mol. The third-order valence-corrected chi connectivity index (χ3v) is 5.54. The van der Waals surface area contributed by atoms with Crippen molar-refractivity contribution >= 4 is 16.8 Å². The second-order valence-corrected chi connectivity index (χ2v) is 8.21. The highest BCUT2D eigenvalue weighted by molar-refractivity contribution is 5.94. The SMILES string of the molecule is Cc1ccc(C(C)CC(=O)COc2cc(C(F)(F)F)c3c(-c4ccccc4)nn(C)c3n2)cn1. The summed E-state index contributed by atoms with van der Waals surface area (Å²) in [6.45, 7) is 3.37. The van der Waals surface area contributed by atoms with Gasteiger partial charge in [-0.05, 0) is 24.5 Å². The molecular formula is C25H23F3N4O2. The van der Waals surface area contributed by atoms with E-state index >= 15 is 0 Å². The lowest BCUT2D eigenvalue weighted by atomic mass is 9.97. The standard InChI is InChI=1S/C25H23F3N4O2/c1-15(18-10-9-16(2)29-13-18)11-19(33)14-34-21-12-20(25(26,27)28)22-23(17-7-5-4-6-8-17)31-32(3)24(22)30-21/h4-10,12-13,15H,11,14H2,1-3H3. The summed E-state index contributed by atoms with van der Waals surface area (Å²) >= 11 is 0. The van der Waals surface area contributed by atoms with Gasteiger partial charge in [0.2, 0.25) is 5.88 Å². The van der Waals surface area contributed by atoms with Gasteiger partial charge in [0.05, 0.1) is 10.9 Å². The van der Waals surface area contributed by atoms with Crippen LogP contribution in [-0.4, -0.2) is 32.1 Å². The highest BCUT2D eigenvalue weighted by Gasteiger charge is 2.36. The highest BCUT2D eigenvalue weighted by Crippen LogP contribution is 2.40. The third kappa shape index (κ3) is 4.93. The number of ketones is 1. The number of rotatable bonds is 7. The molecule has 0 saturated heterocycles. The molecule has 0 amide bonds. The van der Waals surface area contributed by atoms with E-state index in [0.717, 1.165) is 17.3 Å². The first-order chi connectivity index (χ1) is 16.1. The molecule has 1 unspecified atom stereocenters. The van der Waals surface area contributed by atoms with Crippen LogP contribution in [0.2, 0.25) is 0 Å². The van der Waals surface area contributed by atoms with Gasteiger partial charge >= 0.3 is 6.18 Å². The first-order valence-corrected chi connectivity index (χ1v) is 10.7. The Hall–Kier alpha value is -3.75. The number of carbonyl (C=O) groups excluding carboxylic acids is 1. The lowest BCUT2D eigenvalue weighted by Gasteiger charge is -2.13. The molecule has 3 heterocycles. The molecule has 4 rings (SSSR count). The fourth-order valence-electron chi connectivity index (χ4n) is 3.76. The van der Waals surface area contributed by atoms with Crippen LogP contribution in [0.25, 0.3) is 22.3 Å². The van der Waals surface area contributed by atoms with E-state index < -0.39 is 11.7 Å². The zero-order valence-electron chi connectivity index (χ0n) is 18.9. The topological polar surface area (TPSA) is 69.9 Å². The molecule has 0 bridgehead atoms. The first-order valence-electron chi connectivity index (χ1n) is 10.7. The van der Waals surface area contributed by atoms with Crippen LogP contribution in [0.5, 0.6) is 5.88 Å². The van der Waals surface area contributed by atoms with Crippen LogP contribution in [0.4, 0.5) is 13.2 Å². The van der Waals surface area contributed by atoms with Crippen molar-refractivity contribution in [2.75, 3.05) is 6.61 Å². The normalized spacial score (nSPS) is 12.6. The maximum atomic E-state index is 14.0. The van der Waals surface area contributed by atoms with Crippen molar-refractivity contribution in [1.29, 1.82) is 0 Å². The summed E-state index contributed by atoms with van der Waals surface area (Å²) in [6.07, 6.45) is -2.78. The molecule has 4 aromatic rings. The Morgan fingerprint density at radius 1 is 1.15 bits per heavy atom. The van der Waals surface area contributed by atoms with E-state index in [9.17, 15) is 18.0 Å². The number of Topliss-reactive ketones (excluding diaryl/α,β-unsaturated/α-hetero) is 1. The Kier molecular flexibility index (Phi) is 6.37. The van der Waals surface area contributed by atoms with E-state index in [1.54, 1.807) is 36.5 Å². The monoisotopic (exact) mass is 468 g/mol. The predicted octanol–water partition coefficient (Wildman–Crippen LogP) is 5.50. The van der Waals surface area contributed by atoms with E-state index in [1.165, 1.54) is 11.7 Å². The van der Waals surface area contributed by atoms with Gasteiger partial charge in [0.25, 0.3) is 0 Å². The Bertz CT molecular complexity index is 1320. The molecule has 0 radical (unpaired) electrons. The predicted molar refractivity (Wildman–Crippen MR) is 121 cm³/mol. The molecular weight excluding hydrogens is 445 g/mol. The number of carbonyl (C=O) groups is 1. The molecule has 0 aliphatic heterocycles. The molecule has 0 aliphatic carbocycles. The number of halogens is 3. The van der Waals surface area contributed by atoms with Crippen molar-refractivity contribution in [3.8, 4) is 17.1 Å². The van der Waals surface area contributed by atoms with Crippen molar-refractivity contribution in [3.05, 3.63) is 71.5 Å². The van der Waals surface area contributed by atoms with Gasteiger partial charge in [0.1, 0.15) is 12.3 Å². The summed E-state index contributed by atoms with van der Waals surface area (Å²) in [5.74, 6) is -0.630. The highest BCUT2D eigenvalue weighted by atomic mass is 19.4. The number of alkyl halides is 3. The summed E-state index contributed by atoms with van der Waals surface area (Å²) in [4.78, 5) is 20.9. The van der Waals surface area contributed by atoms with Gasteiger partial charge in [-0.3, -0.25) is 9.78 Å². The van der Waals surface area contributed by atoms with Gasteiger partial charge in [0, 0.05) is 37.0 Å². The van der Waals surface area contributed by atoms with Crippen LogP contribution in [0.1, 0.15) is 36.1 Å². The molecule has 0 N–H and O–H groups in total. The second kappa shape index (κ2) is 9.24. The fourth-order valence-corrected chi connectivity index (χ4v) is 3.76. The number of aromatic nitrogens is 4. The van der Waals surface area contributed by atoms with Crippen molar-refractivity contribution in [2.45, 2.75) is 32.4 Å². The molecule has 176 valence electrons. The minimum atomic E-state index is -4.66. The summed E-state index contributed by atoms with van der Waals surface area (Å²) in [7, 11) is 1.52. The van der Waals surface area contributed by atoms with Crippen molar-refractivity contribution < 1.29 is 22.7 Å². The second-order valence-electron chi connectivity index (χ2n) is 8.21. The number of nitrogens with zero attached hydrogens (tertiary/aromatic N) is 4. The zero-order valence-corrected chi connectivity index (χ0v) is 18.9. The summed E-state index contributed by atoms with van der Waals surface area (Å²) in [5, 5.41) is 4.16. The van der Waals surface area contributed by atoms with Crippen molar-refractivity contribution in [2.24, 2.45) is 7.05 Å². The molecule has 0 saturated carbocycles. The smallest absolute Gasteiger partial charge is 0.417 e. The number of hydrogen-bond donors (Lipinski definition) is 0. The van der Waals surface area contributed by atoms with Crippen molar-refractivity contribution in [1.82, 2.24) is 19.7 Å². The largest absolute Gasteiger partial charge is 0.470 e. The number of fused-ring (bicyclic) bond motifs is 1. The van der Waals surface area contributed by atoms with Crippen LogP contribution in [0.15, 0.2) is 54.7 Å². The lowest BCUT2D eigenvalue weighted by Crippen LogP contribution is -2.15. The minimum absolute atomic E-state index is 0.0234. The van der Waals surface area contributed by atoms with Gasteiger partial charge in [-0.2, -0.15) is 23.3 Å². The number of ether oxygens (including phenoxy) is 1. The summed E-state index contributed by atoms with van der Waals surface area (Å²) in [5.41, 5.74) is 1.62. The van der Waals surface area contributed by atoms with Crippen LogP contribution < -0.4 is 4.74 Å². The minimum Gasteiger partial charge on any atom is -0.470 e. The zero-order chi connectivity index (χ0) is 24.5. The Labute approximate surface area is 194 Å². The average Bonchev–Trinajstić information content (AvgIpc) is 3.14. The van der Waals surface area contributed by atoms with Gasteiger partial charge in [-0.25, -0.2) is 4.68 Å². The third-order valence-electron chi connectivity index (χ3n) is 5.54. The van der Waals surface area contributed by atoms with Crippen LogP contribution >= 0.6 is 0 Å². The summed E-state index contributed by atoms with van der Waals surface area (Å²) < 4.78 is 48.7. The molecule has 6 nitrogen and oxygen atoms in total. The molecule has 3 aromatic heterocycles. The van der Waals surface area contributed by atoms with E-state index in [2.05, 4.69) is 15.1 Å². The Morgan fingerprint density at radius 2 is 1.88 bits per heavy atom. The quantitative estimate of drug-likeness (QED) is 0.358.